The number of benzene rings is 5. The fourth-order valence-corrected chi connectivity index (χ4v) is 5.71. The molecule has 0 unspecified atom stereocenters. The van der Waals surface area contributed by atoms with E-state index in [1.807, 2.05) is 79.0 Å². The molecule has 0 aliphatic heterocycles. The first-order chi connectivity index (χ1) is 21.3. The number of pyridine rings is 2. The summed E-state index contributed by atoms with van der Waals surface area (Å²) in [5.41, 5.74) is 5.17. The van der Waals surface area contributed by atoms with E-state index in [1.165, 1.54) is 10.8 Å². The number of ether oxygens (including phenoxy) is 2. The third-order valence-corrected chi connectivity index (χ3v) is 7.60. The SMILES string of the molecule is c1cc(Oc2cccc(-c3nccc4ccccc34)c2)cc(Oc2cc(-n3c4ccccc4c4ccccc43)ccn2)c1. The number of rotatable bonds is 6. The molecule has 3 heterocycles. The summed E-state index contributed by atoms with van der Waals surface area (Å²) in [6.07, 6.45) is 3.62. The van der Waals surface area contributed by atoms with E-state index in [1.54, 1.807) is 6.20 Å². The Bertz CT molecular complexity index is 2210. The number of hydrogen-bond acceptors (Lipinski definition) is 4. The molecule has 5 nitrogen and oxygen atoms in total. The van der Waals surface area contributed by atoms with Crippen LogP contribution in [0.1, 0.15) is 0 Å². The van der Waals surface area contributed by atoms with Crippen molar-refractivity contribution in [3.05, 3.63) is 152 Å². The lowest BCUT2D eigenvalue weighted by Gasteiger charge is -2.12. The van der Waals surface area contributed by atoms with Crippen LogP contribution in [0.25, 0.3) is 49.5 Å². The van der Waals surface area contributed by atoms with Crippen molar-refractivity contribution in [1.82, 2.24) is 14.5 Å². The van der Waals surface area contributed by atoms with Crippen LogP contribution in [0, 0.1) is 0 Å². The lowest BCUT2D eigenvalue weighted by molar-refractivity contribution is 0.449. The zero-order chi connectivity index (χ0) is 28.6. The molecule has 0 fully saturated rings. The second-order valence-electron chi connectivity index (χ2n) is 10.3. The molecule has 0 N–H and O–H groups in total. The minimum Gasteiger partial charge on any atom is -0.457 e. The third kappa shape index (κ3) is 4.63. The third-order valence-electron chi connectivity index (χ3n) is 7.60. The Hall–Kier alpha value is -5.94. The van der Waals surface area contributed by atoms with Crippen molar-refractivity contribution < 1.29 is 9.47 Å². The molecule has 3 aromatic heterocycles. The van der Waals surface area contributed by atoms with Gasteiger partial charge in [-0.25, -0.2) is 4.98 Å². The van der Waals surface area contributed by atoms with E-state index in [2.05, 4.69) is 81.3 Å². The Morgan fingerprint density at radius 3 is 1.88 bits per heavy atom. The average molecular weight is 556 g/mol. The molecule has 0 bridgehead atoms. The quantitative estimate of drug-likeness (QED) is 0.205. The molecule has 5 aromatic carbocycles. The Morgan fingerprint density at radius 2 is 1.09 bits per heavy atom. The minimum atomic E-state index is 0.500. The molecular weight excluding hydrogens is 530 g/mol. The van der Waals surface area contributed by atoms with Crippen LogP contribution in [0.2, 0.25) is 0 Å². The first-order valence-corrected chi connectivity index (χ1v) is 14.1. The van der Waals surface area contributed by atoms with Crippen LogP contribution in [0.5, 0.6) is 23.1 Å². The van der Waals surface area contributed by atoms with Crippen LogP contribution in [0.3, 0.4) is 0 Å². The predicted octanol–water partition coefficient (Wildman–Crippen LogP) is 9.98. The summed E-state index contributed by atoms with van der Waals surface area (Å²) >= 11 is 0. The smallest absolute Gasteiger partial charge is 0.221 e. The molecule has 0 spiro atoms. The molecule has 0 aliphatic carbocycles. The van der Waals surface area contributed by atoms with E-state index in [-0.39, 0.29) is 0 Å². The van der Waals surface area contributed by atoms with Crippen LogP contribution in [0.4, 0.5) is 0 Å². The summed E-state index contributed by atoms with van der Waals surface area (Å²) in [6.45, 7) is 0. The molecule has 43 heavy (non-hydrogen) atoms. The van der Waals surface area contributed by atoms with Gasteiger partial charge >= 0.3 is 0 Å². The van der Waals surface area contributed by atoms with Gasteiger partial charge in [-0.3, -0.25) is 4.98 Å². The van der Waals surface area contributed by atoms with E-state index in [4.69, 9.17) is 9.47 Å². The van der Waals surface area contributed by atoms with E-state index >= 15 is 0 Å². The first kappa shape index (κ1) is 24.8. The van der Waals surface area contributed by atoms with Crippen LogP contribution >= 0.6 is 0 Å². The monoisotopic (exact) mass is 555 g/mol. The van der Waals surface area contributed by atoms with Gasteiger partial charge in [0.2, 0.25) is 5.88 Å². The standard InChI is InChI=1S/C38H25N3O2/c1-2-14-32-26(9-1)19-21-40-38(32)27-10-7-11-29(23-27)42-30-12-8-13-31(25-30)43-37-24-28(20-22-39-37)41-35-17-5-3-15-33(35)34-16-4-6-18-36(34)41/h1-25H. The fourth-order valence-electron chi connectivity index (χ4n) is 5.71. The van der Waals surface area contributed by atoms with Crippen molar-refractivity contribution in [3.8, 4) is 40.1 Å². The maximum Gasteiger partial charge on any atom is 0.221 e. The van der Waals surface area contributed by atoms with Crippen molar-refractivity contribution in [2.75, 3.05) is 0 Å². The van der Waals surface area contributed by atoms with Gasteiger partial charge in [-0.2, -0.15) is 0 Å². The maximum atomic E-state index is 6.28. The highest BCUT2D eigenvalue weighted by molar-refractivity contribution is 6.09. The fraction of sp³-hybridized carbons (Fsp3) is 0. The van der Waals surface area contributed by atoms with E-state index in [9.17, 15) is 0 Å². The lowest BCUT2D eigenvalue weighted by atomic mass is 10.0. The molecule has 0 saturated carbocycles. The molecule has 5 heteroatoms. The van der Waals surface area contributed by atoms with Gasteiger partial charge in [0.25, 0.3) is 0 Å². The van der Waals surface area contributed by atoms with Crippen molar-refractivity contribution >= 4 is 32.6 Å². The van der Waals surface area contributed by atoms with E-state index in [0.29, 0.717) is 17.4 Å². The van der Waals surface area contributed by atoms with Crippen LogP contribution in [-0.2, 0) is 0 Å². The number of aromatic nitrogens is 3. The van der Waals surface area contributed by atoms with Crippen LogP contribution in [0.15, 0.2) is 152 Å². The molecule has 0 saturated heterocycles. The van der Waals surface area contributed by atoms with Gasteiger partial charge in [-0.05, 0) is 53.9 Å². The highest BCUT2D eigenvalue weighted by Crippen LogP contribution is 2.34. The molecule has 0 aliphatic rings. The molecule has 0 radical (unpaired) electrons. The molecule has 8 rings (SSSR count). The molecule has 0 amide bonds. The Balaban J connectivity index is 1.08. The summed E-state index contributed by atoms with van der Waals surface area (Å²) in [4.78, 5) is 9.17. The highest BCUT2D eigenvalue weighted by Gasteiger charge is 2.13. The molecule has 8 aromatic rings. The van der Waals surface area contributed by atoms with Gasteiger partial charge < -0.3 is 14.0 Å². The minimum absolute atomic E-state index is 0.500. The van der Waals surface area contributed by atoms with Crippen LogP contribution in [-0.4, -0.2) is 14.5 Å². The zero-order valence-electron chi connectivity index (χ0n) is 23.1. The van der Waals surface area contributed by atoms with Crippen molar-refractivity contribution in [1.29, 1.82) is 0 Å². The summed E-state index contributed by atoms with van der Waals surface area (Å²) < 4.78 is 14.8. The summed E-state index contributed by atoms with van der Waals surface area (Å²) in [7, 11) is 0. The van der Waals surface area contributed by atoms with Gasteiger partial charge in [0, 0.05) is 46.2 Å². The number of hydrogen-bond donors (Lipinski definition) is 0. The Labute approximate surface area is 248 Å². The average Bonchev–Trinajstić information content (AvgIpc) is 3.39. The summed E-state index contributed by atoms with van der Waals surface area (Å²) in [6, 6.07) is 46.7. The highest BCUT2D eigenvalue weighted by atomic mass is 16.5. The normalized spacial score (nSPS) is 11.3. The largest absolute Gasteiger partial charge is 0.457 e. The Morgan fingerprint density at radius 1 is 0.465 bits per heavy atom. The zero-order valence-corrected chi connectivity index (χ0v) is 23.1. The van der Waals surface area contributed by atoms with Crippen LogP contribution < -0.4 is 9.47 Å². The van der Waals surface area contributed by atoms with Gasteiger partial charge in [0.1, 0.15) is 17.2 Å². The van der Waals surface area contributed by atoms with Crippen molar-refractivity contribution in [3.63, 3.8) is 0 Å². The second-order valence-corrected chi connectivity index (χ2v) is 10.3. The first-order valence-electron chi connectivity index (χ1n) is 14.1. The van der Waals surface area contributed by atoms with Gasteiger partial charge in [0.15, 0.2) is 0 Å². The van der Waals surface area contributed by atoms with E-state index in [0.717, 1.165) is 44.5 Å². The van der Waals surface area contributed by atoms with Crippen molar-refractivity contribution in [2.24, 2.45) is 0 Å². The maximum absolute atomic E-state index is 6.28. The van der Waals surface area contributed by atoms with Gasteiger partial charge in [0.05, 0.1) is 22.4 Å². The van der Waals surface area contributed by atoms with Gasteiger partial charge in [-0.15, -0.1) is 0 Å². The topological polar surface area (TPSA) is 49.2 Å². The van der Waals surface area contributed by atoms with E-state index < -0.39 is 0 Å². The predicted molar refractivity (Wildman–Crippen MR) is 172 cm³/mol. The number of para-hydroxylation sites is 2. The number of nitrogens with zero attached hydrogens (tertiary/aromatic N) is 3. The number of fused-ring (bicyclic) bond motifs is 4. The molecule has 0 atom stereocenters. The van der Waals surface area contributed by atoms with Gasteiger partial charge in [-0.1, -0.05) is 78.9 Å². The summed E-state index contributed by atoms with van der Waals surface area (Å²) in [5.74, 6) is 2.52. The van der Waals surface area contributed by atoms with Crippen molar-refractivity contribution in [2.45, 2.75) is 0 Å². The molecule has 204 valence electrons. The Kier molecular flexibility index (Phi) is 6.05. The second kappa shape index (κ2) is 10.5. The molecular formula is C38H25N3O2. The lowest BCUT2D eigenvalue weighted by Crippen LogP contribution is -1.96. The summed E-state index contributed by atoms with van der Waals surface area (Å²) in [5, 5.41) is 4.68.